The van der Waals surface area contributed by atoms with Crippen LogP contribution < -0.4 is 0 Å². The number of aromatic nitrogens is 1. The first-order valence-electron chi connectivity index (χ1n) is 5.08. The Kier molecular flexibility index (Phi) is 3.88. The highest BCUT2D eigenvalue weighted by Gasteiger charge is 2.04. The molecule has 0 fully saturated rings. The molecular formula is C13H10FNOS. The maximum absolute atomic E-state index is 13.0. The van der Waals surface area contributed by atoms with Crippen LogP contribution in [0.5, 0.6) is 0 Å². The van der Waals surface area contributed by atoms with Crippen LogP contribution in [0.15, 0.2) is 47.5 Å². The summed E-state index contributed by atoms with van der Waals surface area (Å²) in [5, 5.41) is 0.650. The fraction of sp³-hybridized carbons (Fsp3) is 0.0769. The fourth-order valence-electron chi connectivity index (χ4n) is 1.33. The van der Waals surface area contributed by atoms with Crippen LogP contribution in [-0.4, -0.2) is 11.3 Å². The van der Waals surface area contributed by atoms with E-state index >= 15 is 0 Å². The number of nitrogens with zero attached hydrogens (tertiary/aromatic N) is 1. The molecule has 0 atom stereocenters. The second-order valence-electron chi connectivity index (χ2n) is 3.41. The first-order chi connectivity index (χ1) is 8.29. The molecule has 2 aromatic rings. The average Bonchev–Trinajstić information content (AvgIpc) is 2.39. The minimum absolute atomic E-state index is 0.136. The van der Waals surface area contributed by atoms with E-state index in [1.54, 1.807) is 6.07 Å². The Labute approximate surface area is 103 Å². The van der Waals surface area contributed by atoms with E-state index in [2.05, 4.69) is 4.98 Å². The van der Waals surface area contributed by atoms with Gasteiger partial charge in [0.1, 0.15) is 5.69 Å². The number of thioether (sulfide) groups is 1. The van der Waals surface area contributed by atoms with Gasteiger partial charge in [-0.05, 0) is 17.7 Å². The molecule has 0 bridgehead atoms. The van der Waals surface area contributed by atoms with E-state index < -0.39 is 5.82 Å². The van der Waals surface area contributed by atoms with Gasteiger partial charge in [0.2, 0.25) is 0 Å². The molecular weight excluding hydrogens is 237 g/mol. The summed E-state index contributed by atoms with van der Waals surface area (Å²) in [5.74, 6) is 0.168. The van der Waals surface area contributed by atoms with Gasteiger partial charge in [-0.15, -0.1) is 11.8 Å². The number of benzene rings is 1. The number of carbonyl (C=O) groups is 1. The Morgan fingerprint density at radius 1 is 1.18 bits per heavy atom. The normalized spacial score (nSPS) is 10.2. The summed E-state index contributed by atoms with van der Waals surface area (Å²) in [4.78, 5) is 14.5. The van der Waals surface area contributed by atoms with E-state index in [-0.39, 0.29) is 5.69 Å². The summed E-state index contributed by atoms with van der Waals surface area (Å²) in [7, 11) is 0. The quantitative estimate of drug-likeness (QED) is 0.613. The van der Waals surface area contributed by atoms with E-state index in [4.69, 9.17) is 0 Å². The topological polar surface area (TPSA) is 30.0 Å². The zero-order valence-electron chi connectivity index (χ0n) is 8.97. The number of rotatable bonds is 4. The summed E-state index contributed by atoms with van der Waals surface area (Å²) in [5.41, 5.74) is 1.03. The fourth-order valence-corrected chi connectivity index (χ4v) is 2.17. The highest BCUT2D eigenvalue weighted by atomic mass is 32.2. The summed E-state index contributed by atoms with van der Waals surface area (Å²) >= 11 is 1.48. The minimum Gasteiger partial charge on any atom is -0.296 e. The van der Waals surface area contributed by atoms with Gasteiger partial charge in [-0.1, -0.05) is 30.3 Å². The number of halogens is 1. The van der Waals surface area contributed by atoms with Gasteiger partial charge in [0.15, 0.2) is 12.1 Å². The molecule has 2 nitrogen and oxygen atoms in total. The van der Waals surface area contributed by atoms with Crippen LogP contribution >= 0.6 is 11.8 Å². The molecule has 1 aromatic carbocycles. The Morgan fingerprint density at radius 3 is 2.65 bits per heavy atom. The number of hydrogen-bond donors (Lipinski definition) is 0. The SMILES string of the molecule is O=Cc1nc(SCc2ccccc2)ccc1F. The van der Waals surface area contributed by atoms with Crippen molar-refractivity contribution >= 4 is 18.0 Å². The van der Waals surface area contributed by atoms with Gasteiger partial charge >= 0.3 is 0 Å². The van der Waals surface area contributed by atoms with Crippen molar-refractivity contribution < 1.29 is 9.18 Å². The Hall–Kier alpha value is -1.68. The summed E-state index contributed by atoms with van der Waals surface area (Å²) in [6, 6.07) is 12.7. The van der Waals surface area contributed by atoms with Gasteiger partial charge in [-0.25, -0.2) is 9.37 Å². The number of aldehydes is 1. The molecule has 0 N–H and O–H groups in total. The van der Waals surface area contributed by atoms with Crippen molar-refractivity contribution in [3.8, 4) is 0 Å². The van der Waals surface area contributed by atoms with Crippen molar-refractivity contribution in [1.29, 1.82) is 0 Å². The number of pyridine rings is 1. The van der Waals surface area contributed by atoms with Gasteiger partial charge in [0.25, 0.3) is 0 Å². The second kappa shape index (κ2) is 5.59. The average molecular weight is 247 g/mol. The zero-order chi connectivity index (χ0) is 12.1. The first-order valence-corrected chi connectivity index (χ1v) is 6.06. The minimum atomic E-state index is -0.580. The molecule has 0 saturated carbocycles. The number of carbonyl (C=O) groups excluding carboxylic acids is 1. The van der Waals surface area contributed by atoms with Crippen molar-refractivity contribution in [3.63, 3.8) is 0 Å². The second-order valence-corrected chi connectivity index (χ2v) is 4.40. The predicted octanol–water partition coefficient (Wildman–Crippen LogP) is 3.33. The maximum Gasteiger partial charge on any atom is 0.171 e. The van der Waals surface area contributed by atoms with Crippen molar-refractivity contribution in [2.45, 2.75) is 10.8 Å². The van der Waals surface area contributed by atoms with E-state index in [0.29, 0.717) is 11.3 Å². The van der Waals surface area contributed by atoms with Crippen LogP contribution in [0.25, 0.3) is 0 Å². The van der Waals surface area contributed by atoms with Crippen molar-refractivity contribution in [3.05, 3.63) is 59.5 Å². The lowest BCUT2D eigenvalue weighted by Gasteiger charge is -2.02. The summed E-state index contributed by atoms with van der Waals surface area (Å²) in [6.07, 6.45) is 0.432. The molecule has 4 heteroatoms. The third kappa shape index (κ3) is 3.14. The largest absolute Gasteiger partial charge is 0.296 e. The van der Waals surface area contributed by atoms with Gasteiger partial charge in [-0.2, -0.15) is 0 Å². The molecule has 0 unspecified atom stereocenters. The highest BCUT2D eigenvalue weighted by molar-refractivity contribution is 7.98. The van der Waals surface area contributed by atoms with Crippen molar-refractivity contribution in [2.75, 3.05) is 0 Å². The molecule has 2 rings (SSSR count). The van der Waals surface area contributed by atoms with Crippen LogP contribution in [0.1, 0.15) is 16.1 Å². The van der Waals surface area contributed by atoms with Crippen LogP contribution in [0.4, 0.5) is 4.39 Å². The molecule has 0 amide bonds. The summed E-state index contributed by atoms with van der Waals surface area (Å²) < 4.78 is 13.0. The Morgan fingerprint density at radius 2 is 1.94 bits per heavy atom. The van der Waals surface area contributed by atoms with Crippen molar-refractivity contribution in [1.82, 2.24) is 4.98 Å². The van der Waals surface area contributed by atoms with Crippen LogP contribution in [0.3, 0.4) is 0 Å². The number of hydrogen-bond acceptors (Lipinski definition) is 3. The first kappa shape index (κ1) is 11.8. The Bertz CT molecular complexity index is 516. The van der Waals surface area contributed by atoms with Crippen molar-refractivity contribution in [2.24, 2.45) is 0 Å². The predicted molar refractivity (Wildman–Crippen MR) is 65.6 cm³/mol. The van der Waals surface area contributed by atoms with E-state index in [9.17, 15) is 9.18 Å². The molecule has 0 radical (unpaired) electrons. The monoisotopic (exact) mass is 247 g/mol. The van der Waals surface area contributed by atoms with E-state index in [0.717, 1.165) is 11.3 Å². The van der Waals surface area contributed by atoms with Gasteiger partial charge < -0.3 is 0 Å². The van der Waals surface area contributed by atoms with Gasteiger partial charge in [-0.3, -0.25) is 4.79 Å². The third-order valence-electron chi connectivity index (χ3n) is 2.19. The van der Waals surface area contributed by atoms with Gasteiger partial charge in [0, 0.05) is 5.75 Å². The molecule has 0 aliphatic rings. The smallest absolute Gasteiger partial charge is 0.171 e. The lowest BCUT2D eigenvalue weighted by atomic mass is 10.2. The zero-order valence-corrected chi connectivity index (χ0v) is 9.78. The molecule has 1 heterocycles. The van der Waals surface area contributed by atoms with Crippen LogP contribution in [0.2, 0.25) is 0 Å². The van der Waals surface area contributed by atoms with Crippen LogP contribution in [0, 0.1) is 5.82 Å². The standard InChI is InChI=1S/C13H10FNOS/c14-11-6-7-13(15-12(11)8-16)17-9-10-4-2-1-3-5-10/h1-8H,9H2. The van der Waals surface area contributed by atoms with E-state index in [1.165, 1.54) is 17.8 Å². The van der Waals surface area contributed by atoms with Crippen LogP contribution in [-0.2, 0) is 5.75 Å². The molecule has 0 aliphatic carbocycles. The molecule has 0 spiro atoms. The lowest BCUT2D eigenvalue weighted by Crippen LogP contribution is -1.94. The Balaban J connectivity index is 2.07. The molecule has 17 heavy (non-hydrogen) atoms. The van der Waals surface area contributed by atoms with E-state index in [1.807, 2.05) is 30.3 Å². The summed E-state index contributed by atoms with van der Waals surface area (Å²) in [6.45, 7) is 0. The third-order valence-corrected chi connectivity index (χ3v) is 3.19. The van der Waals surface area contributed by atoms with Gasteiger partial charge in [0.05, 0.1) is 5.03 Å². The molecule has 86 valence electrons. The molecule has 1 aromatic heterocycles. The molecule has 0 aliphatic heterocycles. The lowest BCUT2D eigenvalue weighted by molar-refractivity contribution is 0.111. The maximum atomic E-state index is 13.0. The highest BCUT2D eigenvalue weighted by Crippen LogP contribution is 2.21. The molecule has 0 saturated heterocycles.